The monoisotopic (exact) mass is 438 g/mol. The van der Waals surface area contributed by atoms with E-state index in [1.54, 1.807) is 24.5 Å². The summed E-state index contributed by atoms with van der Waals surface area (Å²) in [5, 5.41) is 8.04. The Balaban J connectivity index is 1.39. The summed E-state index contributed by atoms with van der Waals surface area (Å²) >= 11 is 6.05. The number of hydrogen-bond acceptors (Lipinski definition) is 6. The largest absolute Gasteiger partial charge is 0.464 e. The molecule has 0 saturated heterocycles. The van der Waals surface area contributed by atoms with Crippen LogP contribution in [0.25, 0.3) is 16.7 Å². The zero-order chi connectivity index (χ0) is 22.0. The van der Waals surface area contributed by atoms with Crippen LogP contribution in [0.3, 0.4) is 0 Å². The number of aryl methyl sites for hydroxylation is 2. The van der Waals surface area contributed by atoms with Gasteiger partial charge in [0.1, 0.15) is 18.2 Å². The highest BCUT2D eigenvalue weighted by Gasteiger charge is 2.16. The molecule has 158 valence electrons. The molecular formula is C22H19ClN4O4. The van der Waals surface area contributed by atoms with E-state index >= 15 is 0 Å². The smallest absolute Gasteiger partial charge is 0.310 e. The van der Waals surface area contributed by atoms with Crippen LogP contribution in [0.15, 0.2) is 53.7 Å². The number of anilines is 1. The number of nitrogens with one attached hydrogen (secondary N) is 1. The maximum absolute atomic E-state index is 12.4. The van der Waals surface area contributed by atoms with Gasteiger partial charge in [-0.25, -0.2) is 9.67 Å². The number of aromatic nitrogens is 3. The summed E-state index contributed by atoms with van der Waals surface area (Å²) in [6, 6.07) is 8.85. The van der Waals surface area contributed by atoms with Crippen molar-refractivity contribution in [1.82, 2.24) is 14.8 Å². The summed E-state index contributed by atoms with van der Waals surface area (Å²) in [5.74, 6) is -1.03. The molecule has 0 atom stereocenters. The fraction of sp³-hybridized carbons (Fsp3) is 0.182. The molecule has 0 radical (unpaired) electrons. The van der Waals surface area contributed by atoms with Gasteiger partial charge < -0.3 is 14.5 Å². The van der Waals surface area contributed by atoms with Gasteiger partial charge in [-0.3, -0.25) is 9.59 Å². The maximum Gasteiger partial charge on any atom is 0.310 e. The Morgan fingerprint density at radius 1 is 1.23 bits per heavy atom. The van der Waals surface area contributed by atoms with Crippen molar-refractivity contribution in [2.75, 3.05) is 11.9 Å². The molecule has 31 heavy (non-hydrogen) atoms. The second-order valence-electron chi connectivity index (χ2n) is 7.03. The van der Waals surface area contributed by atoms with Gasteiger partial charge in [0.25, 0.3) is 5.91 Å². The molecule has 0 spiro atoms. The number of nitrogens with zero attached hydrogens (tertiary/aromatic N) is 3. The van der Waals surface area contributed by atoms with Crippen LogP contribution in [0.2, 0.25) is 5.02 Å². The topological polar surface area (TPSA) is 99.2 Å². The molecule has 2 aromatic carbocycles. The first-order valence-corrected chi connectivity index (χ1v) is 9.86. The lowest BCUT2D eigenvalue weighted by Gasteiger charge is -2.11. The highest BCUT2D eigenvalue weighted by atomic mass is 35.5. The lowest BCUT2D eigenvalue weighted by Crippen LogP contribution is -2.22. The number of carbonyl (C=O) groups excluding carboxylic acids is 2. The van der Waals surface area contributed by atoms with E-state index in [0.29, 0.717) is 22.0 Å². The summed E-state index contributed by atoms with van der Waals surface area (Å²) in [6.07, 6.45) is 4.43. The zero-order valence-corrected chi connectivity index (χ0v) is 17.6. The van der Waals surface area contributed by atoms with Crippen molar-refractivity contribution < 1.29 is 18.7 Å². The van der Waals surface area contributed by atoms with E-state index in [4.69, 9.17) is 20.8 Å². The molecule has 0 fully saturated rings. The van der Waals surface area contributed by atoms with Gasteiger partial charge in [0.05, 0.1) is 24.1 Å². The van der Waals surface area contributed by atoms with Gasteiger partial charge in [-0.1, -0.05) is 23.7 Å². The predicted molar refractivity (Wildman–Crippen MR) is 115 cm³/mol. The second kappa shape index (κ2) is 8.61. The summed E-state index contributed by atoms with van der Waals surface area (Å²) in [4.78, 5) is 28.5. The van der Waals surface area contributed by atoms with Gasteiger partial charge >= 0.3 is 5.97 Å². The van der Waals surface area contributed by atoms with Crippen LogP contribution in [0.5, 0.6) is 0 Å². The van der Waals surface area contributed by atoms with Gasteiger partial charge in [0.2, 0.25) is 0 Å². The fourth-order valence-corrected chi connectivity index (χ4v) is 3.38. The van der Waals surface area contributed by atoms with E-state index in [2.05, 4.69) is 15.4 Å². The van der Waals surface area contributed by atoms with Crippen LogP contribution in [0.4, 0.5) is 5.69 Å². The van der Waals surface area contributed by atoms with Crippen molar-refractivity contribution in [3.8, 4) is 5.69 Å². The number of carbonyl (C=O) groups is 2. The Morgan fingerprint density at radius 2 is 2.06 bits per heavy atom. The standard InChI is InChI=1S/C22H19ClN4O4/c1-13-3-5-17-15(9-31-22(17)14(13)2)7-21(29)30-10-20(28)26-18-8-16(23)4-6-19(18)27-12-24-11-25-27/h3-6,8-9,11-12H,7,10H2,1-2H3,(H,26,28). The highest BCUT2D eigenvalue weighted by Crippen LogP contribution is 2.27. The first-order chi connectivity index (χ1) is 14.9. The molecule has 0 unspecified atom stereocenters. The third kappa shape index (κ3) is 4.44. The number of hydrogen-bond donors (Lipinski definition) is 1. The SMILES string of the molecule is Cc1ccc2c(CC(=O)OCC(=O)Nc3cc(Cl)ccc3-n3cncn3)coc2c1C. The van der Waals surface area contributed by atoms with Crippen molar-refractivity contribution in [3.63, 3.8) is 0 Å². The molecule has 1 amide bonds. The van der Waals surface area contributed by atoms with Gasteiger partial charge in [-0.2, -0.15) is 5.10 Å². The van der Waals surface area contributed by atoms with E-state index in [0.717, 1.165) is 22.1 Å². The number of halogens is 1. The summed E-state index contributed by atoms with van der Waals surface area (Å²) in [5.41, 5.74) is 4.61. The Bertz CT molecular complexity index is 1260. The molecule has 2 aromatic heterocycles. The Morgan fingerprint density at radius 3 is 2.84 bits per heavy atom. The Labute approximate surface area is 182 Å². The number of amides is 1. The highest BCUT2D eigenvalue weighted by molar-refractivity contribution is 6.31. The van der Waals surface area contributed by atoms with Crippen LogP contribution in [-0.4, -0.2) is 33.2 Å². The minimum Gasteiger partial charge on any atom is -0.464 e. The van der Waals surface area contributed by atoms with Crippen molar-refractivity contribution in [3.05, 3.63) is 71.0 Å². The predicted octanol–water partition coefficient (Wildman–Crippen LogP) is 4.01. The van der Waals surface area contributed by atoms with E-state index in [-0.39, 0.29) is 6.42 Å². The molecule has 4 rings (SSSR count). The molecule has 9 heteroatoms. The van der Waals surface area contributed by atoms with Crippen molar-refractivity contribution in [1.29, 1.82) is 0 Å². The minimum atomic E-state index is -0.529. The Hall–Kier alpha value is -3.65. The Kier molecular flexibility index (Phi) is 5.73. The average molecular weight is 439 g/mol. The van der Waals surface area contributed by atoms with Gasteiger partial charge in [-0.05, 0) is 43.2 Å². The van der Waals surface area contributed by atoms with Crippen molar-refractivity contribution in [2.24, 2.45) is 0 Å². The number of rotatable bonds is 6. The van der Waals surface area contributed by atoms with Crippen LogP contribution in [0.1, 0.15) is 16.7 Å². The van der Waals surface area contributed by atoms with E-state index in [9.17, 15) is 9.59 Å². The molecule has 0 aliphatic rings. The van der Waals surface area contributed by atoms with Crippen LogP contribution in [-0.2, 0) is 20.7 Å². The van der Waals surface area contributed by atoms with E-state index < -0.39 is 18.5 Å². The lowest BCUT2D eigenvalue weighted by atomic mass is 10.0. The van der Waals surface area contributed by atoms with Crippen molar-refractivity contribution >= 4 is 40.1 Å². The molecule has 0 bridgehead atoms. The zero-order valence-electron chi connectivity index (χ0n) is 16.9. The average Bonchev–Trinajstić information content (AvgIpc) is 3.40. The minimum absolute atomic E-state index is 0.00412. The second-order valence-corrected chi connectivity index (χ2v) is 7.47. The van der Waals surface area contributed by atoms with Gasteiger partial charge in [-0.15, -0.1) is 0 Å². The third-order valence-corrected chi connectivity index (χ3v) is 5.17. The molecule has 0 aliphatic heterocycles. The first-order valence-electron chi connectivity index (χ1n) is 9.48. The molecule has 2 heterocycles. The van der Waals surface area contributed by atoms with Gasteiger partial charge in [0, 0.05) is 16.0 Å². The summed E-state index contributed by atoms with van der Waals surface area (Å²) in [7, 11) is 0. The summed E-state index contributed by atoms with van der Waals surface area (Å²) in [6.45, 7) is 3.53. The third-order valence-electron chi connectivity index (χ3n) is 4.94. The van der Waals surface area contributed by atoms with Crippen LogP contribution < -0.4 is 5.32 Å². The number of benzene rings is 2. The van der Waals surface area contributed by atoms with E-state index in [1.807, 2.05) is 26.0 Å². The van der Waals surface area contributed by atoms with Gasteiger partial charge in [0.15, 0.2) is 6.61 Å². The maximum atomic E-state index is 12.4. The van der Waals surface area contributed by atoms with Crippen LogP contribution in [0, 0.1) is 13.8 Å². The molecule has 4 aromatic rings. The number of esters is 1. The van der Waals surface area contributed by atoms with Crippen LogP contribution >= 0.6 is 11.6 Å². The fourth-order valence-electron chi connectivity index (χ4n) is 3.20. The molecule has 8 nitrogen and oxygen atoms in total. The molecule has 0 saturated carbocycles. The number of fused-ring (bicyclic) bond motifs is 1. The molecule has 1 N–H and O–H groups in total. The number of furan rings is 1. The summed E-state index contributed by atoms with van der Waals surface area (Å²) < 4.78 is 12.3. The quantitative estimate of drug-likeness (QED) is 0.456. The lowest BCUT2D eigenvalue weighted by molar-refractivity contribution is -0.146. The first kappa shape index (κ1) is 20.6. The molecular weight excluding hydrogens is 420 g/mol. The normalized spacial score (nSPS) is 10.9. The molecule has 0 aliphatic carbocycles. The van der Waals surface area contributed by atoms with Crippen molar-refractivity contribution in [2.45, 2.75) is 20.3 Å². The number of ether oxygens (including phenoxy) is 1. The van der Waals surface area contributed by atoms with E-state index in [1.165, 1.54) is 17.3 Å².